The summed E-state index contributed by atoms with van der Waals surface area (Å²) >= 11 is 1.49. The molecule has 21 heavy (non-hydrogen) atoms. The molecule has 5 heteroatoms. The largest absolute Gasteiger partial charge is 0.312 e. The van der Waals surface area contributed by atoms with Crippen molar-refractivity contribution in [1.82, 2.24) is 10.3 Å². The molecule has 0 atom stereocenters. The predicted molar refractivity (Wildman–Crippen MR) is 83.5 cm³/mol. The van der Waals surface area contributed by atoms with Gasteiger partial charge in [0.2, 0.25) is 0 Å². The van der Waals surface area contributed by atoms with E-state index in [4.69, 9.17) is 0 Å². The number of hydrogen-bond acceptors (Lipinski definition) is 3. The van der Waals surface area contributed by atoms with Gasteiger partial charge in [0.25, 0.3) is 0 Å². The van der Waals surface area contributed by atoms with E-state index in [-0.39, 0.29) is 5.41 Å². The molecular weight excluding hydrogens is 290 g/mol. The van der Waals surface area contributed by atoms with Crippen molar-refractivity contribution in [2.75, 3.05) is 6.54 Å². The second-order valence-corrected chi connectivity index (χ2v) is 7.06. The van der Waals surface area contributed by atoms with Crippen LogP contribution in [0.2, 0.25) is 0 Å². The van der Waals surface area contributed by atoms with Crippen molar-refractivity contribution in [1.29, 1.82) is 0 Å². The number of benzene rings is 1. The summed E-state index contributed by atoms with van der Waals surface area (Å²) in [5.74, 6) is -1.16. The lowest BCUT2D eigenvalue weighted by Gasteiger charge is -2.17. The molecule has 0 aliphatic carbocycles. The monoisotopic (exact) mass is 310 g/mol. The quantitative estimate of drug-likeness (QED) is 0.899. The van der Waals surface area contributed by atoms with Crippen molar-refractivity contribution in [3.05, 3.63) is 40.4 Å². The number of aromatic nitrogens is 1. The zero-order valence-corrected chi connectivity index (χ0v) is 13.6. The molecule has 114 valence electrons. The smallest absolute Gasteiger partial charge is 0.126 e. The lowest BCUT2D eigenvalue weighted by Crippen LogP contribution is -2.18. The molecule has 0 saturated heterocycles. The van der Waals surface area contributed by atoms with Crippen LogP contribution in [0, 0.1) is 11.6 Å². The SMILES string of the molecule is CCNCc1sc(-c2cc(F)cc(F)c2)nc1C(C)(C)C. The van der Waals surface area contributed by atoms with E-state index in [9.17, 15) is 8.78 Å². The summed E-state index contributed by atoms with van der Waals surface area (Å²) in [5, 5.41) is 3.95. The van der Waals surface area contributed by atoms with Crippen molar-refractivity contribution < 1.29 is 8.78 Å². The molecule has 0 bridgehead atoms. The van der Waals surface area contributed by atoms with E-state index in [2.05, 4.69) is 31.1 Å². The van der Waals surface area contributed by atoms with Crippen LogP contribution in [-0.4, -0.2) is 11.5 Å². The normalized spacial score (nSPS) is 11.9. The summed E-state index contributed by atoms with van der Waals surface area (Å²) < 4.78 is 26.8. The maximum atomic E-state index is 13.4. The third-order valence-electron chi connectivity index (χ3n) is 3.05. The van der Waals surface area contributed by atoms with Crippen LogP contribution < -0.4 is 5.32 Å². The summed E-state index contributed by atoms with van der Waals surface area (Å²) in [6.07, 6.45) is 0. The van der Waals surface area contributed by atoms with Crippen molar-refractivity contribution in [2.24, 2.45) is 0 Å². The van der Waals surface area contributed by atoms with Crippen molar-refractivity contribution in [3.63, 3.8) is 0 Å². The number of thiazole rings is 1. The zero-order valence-electron chi connectivity index (χ0n) is 12.8. The van der Waals surface area contributed by atoms with Crippen LogP contribution in [0.5, 0.6) is 0 Å². The molecule has 2 aromatic rings. The third kappa shape index (κ3) is 3.86. The van der Waals surface area contributed by atoms with Gasteiger partial charge in [0.15, 0.2) is 0 Å². The lowest BCUT2D eigenvalue weighted by molar-refractivity contribution is 0.561. The fraction of sp³-hybridized carbons (Fsp3) is 0.438. The van der Waals surface area contributed by atoms with Crippen LogP contribution in [0.4, 0.5) is 8.78 Å². The van der Waals surface area contributed by atoms with Gasteiger partial charge in [-0.3, -0.25) is 0 Å². The Balaban J connectivity index is 2.47. The first kappa shape index (κ1) is 16.0. The molecule has 1 N–H and O–H groups in total. The van der Waals surface area contributed by atoms with Gasteiger partial charge in [-0.25, -0.2) is 13.8 Å². The molecule has 0 unspecified atom stereocenters. The van der Waals surface area contributed by atoms with Crippen molar-refractivity contribution in [3.8, 4) is 10.6 Å². The molecule has 0 radical (unpaired) electrons. The molecule has 0 aliphatic rings. The van der Waals surface area contributed by atoms with Crippen LogP contribution in [0.3, 0.4) is 0 Å². The fourth-order valence-electron chi connectivity index (χ4n) is 2.10. The second-order valence-electron chi connectivity index (χ2n) is 5.98. The van der Waals surface area contributed by atoms with Gasteiger partial charge in [0.05, 0.1) is 5.69 Å². The van der Waals surface area contributed by atoms with Crippen LogP contribution in [-0.2, 0) is 12.0 Å². The molecule has 0 spiro atoms. The number of nitrogens with zero attached hydrogens (tertiary/aromatic N) is 1. The van der Waals surface area contributed by atoms with Gasteiger partial charge in [0, 0.05) is 28.5 Å². The van der Waals surface area contributed by atoms with E-state index in [0.29, 0.717) is 10.6 Å². The summed E-state index contributed by atoms with van der Waals surface area (Å²) in [6.45, 7) is 9.90. The zero-order chi connectivity index (χ0) is 15.6. The molecule has 0 fully saturated rings. The van der Waals surface area contributed by atoms with Gasteiger partial charge >= 0.3 is 0 Å². The van der Waals surface area contributed by atoms with E-state index < -0.39 is 11.6 Å². The van der Waals surface area contributed by atoms with Crippen LogP contribution in [0.25, 0.3) is 10.6 Å². The Bertz CT molecular complexity index is 609. The third-order valence-corrected chi connectivity index (χ3v) is 4.16. The summed E-state index contributed by atoms with van der Waals surface area (Å²) in [6, 6.07) is 3.53. The summed E-state index contributed by atoms with van der Waals surface area (Å²) in [4.78, 5) is 5.75. The van der Waals surface area contributed by atoms with Crippen molar-refractivity contribution in [2.45, 2.75) is 39.7 Å². The predicted octanol–water partition coefficient (Wildman–Crippen LogP) is 4.50. The first-order valence-corrected chi connectivity index (χ1v) is 7.80. The minimum absolute atomic E-state index is 0.106. The molecular formula is C16H20F2N2S. The highest BCUT2D eigenvalue weighted by molar-refractivity contribution is 7.15. The van der Waals surface area contributed by atoms with Crippen molar-refractivity contribution >= 4 is 11.3 Å². The molecule has 0 amide bonds. The van der Waals surface area contributed by atoms with Crippen LogP contribution >= 0.6 is 11.3 Å². The molecule has 0 aliphatic heterocycles. The van der Waals surface area contributed by atoms with E-state index in [1.165, 1.54) is 23.5 Å². The van der Waals surface area contributed by atoms with Gasteiger partial charge < -0.3 is 5.32 Å². The fourth-order valence-corrected chi connectivity index (χ4v) is 3.33. The Morgan fingerprint density at radius 2 is 1.76 bits per heavy atom. The first-order valence-electron chi connectivity index (χ1n) is 6.98. The van der Waals surface area contributed by atoms with E-state index >= 15 is 0 Å². The van der Waals surface area contributed by atoms with Gasteiger partial charge in [-0.15, -0.1) is 11.3 Å². The number of halogens is 2. The Morgan fingerprint density at radius 1 is 1.14 bits per heavy atom. The highest BCUT2D eigenvalue weighted by Gasteiger charge is 2.23. The number of nitrogens with one attached hydrogen (secondary N) is 1. The first-order chi connectivity index (χ1) is 9.81. The average molecular weight is 310 g/mol. The Labute approximate surface area is 128 Å². The van der Waals surface area contributed by atoms with Gasteiger partial charge in [0.1, 0.15) is 16.6 Å². The molecule has 1 aromatic heterocycles. The van der Waals surface area contributed by atoms with E-state index in [1.807, 2.05) is 6.92 Å². The maximum Gasteiger partial charge on any atom is 0.126 e. The highest BCUT2D eigenvalue weighted by atomic mass is 32.1. The van der Waals surface area contributed by atoms with E-state index in [0.717, 1.165) is 29.7 Å². The van der Waals surface area contributed by atoms with Crippen LogP contribution in [0.1, 0.15) is 38.3 Å². The van der Waals surface area contributed by atoms with E-state index in [1.54, 1.807) is 0 Å². The Hall–Kier alpha value is -1.33. The van der Waals surface area contributed by atoms with Gasteiger partial charge in [-0.2, -0.15) is 0 Å². The average Bonchev–Trinajstić information content (AvgIpc) is 2.79. The highest BCUT2D eigenvalue weighted by Crippen LogP contribution is 2.34. The summed E-state index contributed by atoms with van der Waals surface area (Å²) in [5.41, 5.74) is 1.37. The molecule has 2 nitrogen and oxygen atoms in total. The standard InChI is InChI=1S/C16H20F2N2S/c1-5-19-9-13-14(16(2,3)4)20-15(21-13)10-6-11(17)8-12(18)7-10/h6-8,19H,5,9H2,1-4H3. The van der Waals surface area contributed by atoms with Gasteiger partial charge in [-0.1, -0.05) is 27.7 Å². The minimum atomic E-state index is -0.578. The number of rotatable bonds is 4. The minimum Gasteiger partial charge on any atom is -0.312 e. The Kier molecular flexibility index (Phi) is 4.74. The molecule has 1 aromatic carbocycles. The van der Waals surface area contributed by atoms with Gasteiger partial charge in [-0.05, 0) is 18.7 Å². The summed E-state index contributed by atoms with van der Waals surface area (Å²) in [7, 11) is 0. The number of hydrogen-bond donors (Lipinski definition) is 1. The molecule has 1 heterocycles. The maximum absolute atomic E-state index is 13.4. The molecule has 2 rings (SSSR count). The lowest BCUT2D eigenvalue weighted by atomic mass is 9.91. The second kappa shape index (κ2) is 6.20. The topological polar surface area (TPSA) is 24.9 Å². The molecule has 0 saturated carbocycles. The van der Waals surface area contributed by atoms with Crippen LogP contribution in [0.15, 0.2) is 18.2 Å². The Morgan fingerprint density at radius 3 is 2.29 bits per heavy atom.